The summed E-state index contributed by atoms with van der Waals surface area (Å²) in [6.45, 7) is 7.53. The molecule has 0 saturated carbocycles. The quantitative estimate of drug-likeness (QED) is 0.0346. The highest BCUT2D eigenvalue weighted by atomic mass is 16.6. The molecule has 0 aliphatic rings. The number of carbonyl (C=O) groups is 2. The van der Waals surface area contributed by atoms with Gasteiger partial charge in [0.15, 0.2) is 6.10 Å². The third-order valence-electron chi connectivity index (χ3n) is 11.7. The van der Waals surface area contributed by atoms with Crippen molar-refractivity contribution in [2.45, 2.75) is 271 Å². The summed E-state index contributed by atoms with van der Waals surface area (Å²) in [5.41, 5.74) is 0. The second kappa shape index (κ2) is 54.7. The first-order valence-corrected chi connectivity index (χ1v) is 27.5. The number of hydrogen-bond donors (Lipinski definition) is 0. The van der Waals surface area contributed by atoms with Gasteiger partial charge in [0.25, 0.3) is 0 Å². The maximum absolute atomic E-state index is 12.8. The minimum atomic E-state index is -0.577. The Kier molecular flexibility index (Phi) is 52.4. The molecule has 0 aliphatic heterocycles. The minimum Gasteiger partial charge on any atom is -0.462 e. The van der Waals surface area contributed by atoms with Crippen LogP contribution in [0.5, 0.6) is 0 Å². The summed E-state index contributed by atoms with van der Waals surface area (Å²) >= 11 is 0. The second-order valence-corrected chi connectivity index (χ2v) is 18.1. The van der Waals surface area contributed by atoms with E-state index < -0.39 is 6.10 Å². The monoisotopic (exact) mass is 893 g/mol. The molecule has 0 aliphatic carbocycles. The van der Waals surface area contributed by atoms with Crippen molar-refractivity contribution < 1.29 is 23.8 Å². The minimum absolute atomic E-state index is 0.0541. The highest BCUT2D eigenvalue weighted by molar-refractivity contribution is 5.70. The van der Waals surface area contributed by atoms with Crippen molar-refractivity contribution in [2.75, 3.05) is 19.8 Å². The zero-order valence-electron chi connectivity index (χ0n) is 42.5. The van der Waals surface area contributed by atoms with Gasteiger partial charge < -0.3 is 14.2 Å². The van der Waals surface area contributed by atoms with E-state index >= 15 is 0 Å². The van der Waals surface area contributed by atoms with Crippen LogP contribution in [0.25, 0.3) is 0 Å². The Morgan fingerprint density at radius 1 is 0.359 bits per heavy atom. The summed E-state index contributed by atoms with van der Waals surface area (Å²) in [5, 5.41) is 0. The van der Waals surface area contributed by atoms with Gasteiger partial charge in [-0.15, -0.1) is 0 Å². The number of unbranched alkanes of at least 4 members (excludes halogenated alkanes) is 27. The van der Waals surface area contributed by atoms with Gasteiger partial charge in [-0.3, -0.25) is 9.59 Å². The molecule has 0 rings (SSSR count). The Bertz CT molecular complexity index is 1150. The van der Waals surface area contributed by atoms with E-state index in [-0.39, 0.29) is 25.2 Å². The molecule has 0 N–H and O–H groups in total. The molecule has 0 heterocycles. The predicted molar refractivity (Wildman–Crippen MR) is 279 cm³/mol. The van der Waals surface area contributed by atoms with Crippen LogP contribution in [0.4, 0.5) is 0 Å². The number of ether oxygens (including phenoxy) is 3. The van der Waals surface area contributed by atoms with E-state index in [2.05, 4.69) is 93.7 Å². The number of carbonyl (C=O) groups excluding carboxylic acids is 2. The first kappa shape index (κ1) is 61.3. The summed E-state index contributed by atoms with van der Waals surface area (Å²) in [6, 6.07) is 0. The zero-order valence-corrected chi connectivity index (χ0v) is 42.5. The Balaban J connectivity index is 4.36. The van der Waals surface area contributed by atoms with Crippen LogP contribution in [0.3, 0.4) is 0 Å². The van der Waals surface area contributed by atoms with Crippen LogP contribution in [0.1, 0.15) is 265 Å². The van der Waals surface area contributed by atoms with Crippen LogP contribution in [-0.2, 0) is 23.8 Å². The third kappa shape index (κ3) is 52.0. The van der Waals surface area contributed by atoms with Crippen molar-refractivity contribution in [3.63, 3.8) is 0 Å². The summed E-state index contributed by atoms with van der Waals surface area (Å²) in [6.07, 6.45) is 70.8. The van der Waals surface area contributed by atoms with E-state index in [1.165, 1.54) is 161 Å². The van der Waals surface area contributed by atoms with Crippen molar-refractivity contribution in [2.24, 2.45) is 0 Å². The average Bonchev–Trinajstić information content (AvgIpc) is 3.30. The predicted octanol–water partition coefficient (Wildman–Crippen LogP) is 18.7. The van der Waals surface area contributed by atoms with Crippen molar-refractivity contribution in [1.29, 1.82) is 0 Å². The van der Waals surface area contributed by atoms with Crippen LogP contribution in [0.2, 0.25) is 0 Å². The lowest BCUT2D eigenvalue weighted by Gasteiger charge is -2.18. The average molecular weight is 893 g/mol. The van der Waals surface area contributed by atoms with Crippen LogP contribution in [-0.4, -0.2) is 37.9 Å². The smallest absolute Gasteiger partial charge is 0.306 e. The molecule has 0 amide bonds. The molecule has 5 heteroatoms. The molecule has 0 radical (unpaired) electrons. The van der Waals surface area contributed by atoms with Crippen molar-refractivity contribution in [3.05, 3.63) is 72.9 Å². The third-order valence-corrected chi connectivity index (χ3v) is 11.7. The Labute approximate surface area is 397 Å². The van der Waals surface area contributed by atoms with Gasteiger partial charge in [-0.25, -0.2) is 0 Å². The van der Waals surface area contributed by atoms with Crippen molar-refractivity contribution in [1.82, 2.24) is 0 Å². The molecule has 0 aromatic carbocycles. The van der Waals surface area contributed by atoms with Crippen LogP contribution < -0.4 is 0 Å². The number of esters is 2. The second-order valence-electron chi connectivity index (χ2n) is 18.1. The first-order chi connectivity index (χ1) is 31.6. The normalized spacial score (nSPS) is 12.7. The highest BCUT2D eigenvalue weighted by Gasteiger charge is 2.17. The largest absolute Gasteiger partial charge is 0.462 e. The lowest BCUT2D eigenvalue weighted by atomic mass is 10.0. The number of rotatable bonds is 50. The van der Waals surface area contributed by atoms with E-state index in [4.69, 9.17) is 14.2 Å². The van der Waals surface area contributed by atoms with Gasteiger partial charge in [0.2, 0.25) is 0 Å². The van der Waals surface area contributed by atoms with Gasteiger partial charge in [-0.2, -0.15) is 0 Å². The van der Waals surface area contributed by atoms with Crippen molar-refractivity contribution >= 4 is 11.9 Å². The topological polar surface area (TPSA) is 61.8 Å². The van der Waals surface area contributed by atoms with E-state index in [1.54, 1.807) is 0 Å². The van der Waals surface area contributed by atoms with Crippen LogP contribution in [0.15, 0.2) is 72.9 Å². The summed E-state index contributed by atoms with van der Waals surface area (Å²) in [5.74, 6) is -0.434. The molecule has 0 fully saturated rings. The van der Waals surface area contributed by atoms with Gasteiger partial charge in [-0.1, -0.05) is 248 Å². The number of allylic oxidation sites excluding steroid dienone is 11. The maximum atomic E-state index is 12.8. The Hall–Kier alpha value is -2.66. The van der Waals surface area contributed by atoms with E-state index in [1.807, 2.05) is 0 Å². The standard InChI is InChI=1S/C59H104O5/c1-4-7-10-13-16-19-22-25-28-30-32-34-37-40-43-46-49-52-58(60)63-56-57(55-62-54-51-48-45-42-39-36-33-29-26-23-20-17-14-11-8-5-2)64-59(61)53-50-47-44-41-38-35-31-27-24-21-18-15-12-9-6-3/h8,11,17,20,25-26,28-29,36,39,45,48,57H,4-7,9-10,12-16,18-19,21-24,27,30-35,37-38,40-44,46-47,49-56H2,1-3H3/b11-8-,20-17-,28-25-,29-26-,39-36-,48-45-. The molecule has 1 atom stereocenters. The van der Waals surface area contributed by atoms with E-state index in [0.29, 0.717) is 19.4 Å². The summed E-state index contributed by atoms with van der Waals surface area (Å²) in [7, 11) is 0. The molecule has 0 bridgehead atoms. The van der Waals surface area contributed by atoms with Gasteiger partial charge >= 0.3 is 11.9 Å². The fourth-order valence-corrected chi connectivity index (χ4v) is 7.69. The van der Waals surface area contributed by atoms with E-state index in [9.17, 15) is 9.59 Å². The molecule has 1 unspecified atom stereocenters. The van der Waals surface area contributed by atoms with Crippen LogP contribution in [0, 0.1) is 0 Å². The molecular weight excluding hydrogens is 789 g/mol. The molecular formula is C59H104O5. The summed E-state index contributed by atoms with van der Waals surface area (Å²) in [4.78, 5) is 25.5. The van der Waals surface area contributed by atoms with Gasteiger partial charge in [0.05, 0.1) is 13.2 Å². The molecule has 0 aromatic rings. The summed E-state index contributed by atoms with van der Waals surface area (Å²) < 4.78 is 17.3. The first-order valence-electron chi connectivity index (χ1n) is 27.5. The molecule has 0 saturated heterocycles. The lowest BCUT2D eigenvalue weighted by Crippen LogP contribution is -2.30. The zero-order chi connectivity index (χ0) is 46.3. The molecule has 0 aromatic heterocycles. The molecule has 370 valence electrons. The highest BCUT2D eigenvalue weighted by Crippen LogP contribution is 2.15. The maximum Gasteiger partial charge on any atom is 0.306 e. The van der Waals surface area contributed by atoms with Crippen LogP contribution >= 0.6 is 0 Å². The fraction of sp³-hybridized carbons (Fsp3) is 0.763. The number of hydrogen-bond acceptors (Lipinski definition) is 5. The van der Waals surface area contributed by atoms with Gasteiger partial charge in [0, 0.05) is 12.8 Å². The molecule has 0 spiro atoms. The molecule has 5 nitrogen and oxygen atoms in total. The molecule has 64 heavy (non-hydrogen) atoms. The van der Waals surface area contributed by atoms with Crippen molar-refractivity contribution in [3.8, 4) is 0 Å². The van der Waals surface area contributed by atoms with Gasteiger partial charge in [0.1, 0.15) is 6.61 Å². The van der Waals surface area contributed by atoms with Gasteiger partial charge in [-0.05, 0) is 77.0 Å². The Morgan fingerprint density at radius 2 is 0.703 bits per heavy atom. The van der Waals surface area contributed by atoms with E-state index in [0.717, 1.165) is 70.6 Å². The Morgan fingerprint density at radius 3 is 1.12 bits per heavy atom. The lowest BCUT2D eigenvalue weighted by molar-refractivity contribution is -0.162. The fourth-order valence-electron chi connectivity index (χ4n) is 7.69. The SMILES string of the molecule is CC/C=C\C/C=C\C/C=C\C/C=C\C/C=C\CCOCC(COC(=O)CCCCCCCCC/C=C\CCCCCCCC)OC(=O)CCCCCCCCCCCCCCCCC.